The van der Waals surface area contributed by atoms with Gasteiger partial charge in [0.1, 0.15) is 11.4 Å². The quantitative estimate of drug-likeness (QED) is 0.681. The lowest BCUT2D eigenvalue weighted by Gasteiger charge is -2.11. The SMILES string of the molecule is Nc1cnc(Nc2cccc3ccncc23)c(C(=O)O)c1. The molecule has 0 aliphatic heterocycles. The number of hydrogen-bond acceptors (Lipinski definition) is 5. The summed E-state index contributed by atoms with van der Waals surface area (Å²) in [6.45, 7) is 0. The highest BCUT2D eigenvalue weighted by Crippen LogP contribution is 2.26. The van der Waals surface area contributed by atoms with Crippen molar-refractivity contribution in [2.24, 2.45) is 0 Å². The number of nitrogens with two attached hydrogens (primary N) is 1. The minimum Gasteiger partial charge on any atom is -0.478 e. The molecule has 21 heavy (non-hydrogen) atoms. The monoisotopic (exact) mass is 280 g/mol. The molecule has 0 atom stereocenters. The Hall–Kier alpha value is -3.15. The lowest BCUT2D eigenvalue weighted by atomic mass is 10.1. The number of carboxylic acid groups (broad SMARTS) is 1. The van der Waals surface area contributed by atoms with Gasteiger partial charge in [0, 0.05) is 23.5 Å². The molecule has 0 aliphatic carbocycles. The number of nitrogens with one attached hydrogen (secondary N) is 1. The van der Waals surface area contributed by atoms with Crippen molar-refractivity contribution in [2.75, 3.05) is 11.1 Å². The number of fused-ring (bicyclic) bond motifs is 1. The second-order valence-electron chi connectivity index (χ2n) is 4.50. The summed E-state index contributed by atoms with van der Waals surface area (Å²) >= 11 is 0. The van der Waals surface area contributed by atoms with E-state index in [1.165, 1.54) is 12.3 Å². The first-order chi connectivity index (χ1) is 10.1. The van der Waals surface area contributed by atoms with Crippen LogP contribution in [0.3, 0.4) is 0 Å². The molecule has 3 rings (SSSR count). The highest BCUT2D eigenvalue weighted by atomic mass is 16.4. The van der Waals surface area contributed by atoms with E-state index in [9.17, 15) is 9.90 Å². The number of nitrogen functional groups attached to an aromatic ring is 1. The Balaban J connectivity index is 2.09. The Morgan fingerprint density at radius 2 is 2.10 bits per heavy atom. The second kappa shape index (κ2) is 5.09. The molecule has 0 radical (unpaired) electrons. The highest BCUT2D eigenvalue weighted by molar-refractivity contribution is 5.98. The van der Waals surface area contributed by atoms with Crippen LogP contribution in [0, 0.1) is 0 Å². The van der Waals surface area contributed by atoms with Crippen molar-refractivity contribution >= 4 is 33.9 Å². The zero-order valence-electron chi connectivity index (χ0n) is 10.9. The van der Waals surface area contributed by atoms with Crippen LogP contribution in [0.1, 0.15) is 10.4 Å². The van der Waals surface area contributed by atoms with Gasteiger partial charge in [-0.15, -0.1) is 0 Å². The molecule has 0 fully saturated rings. The third kappa shape index (κ3) is 2.46. The van der Waals surface area contributed by atoms with E-state index in [1.807, 2.05) is 24.3 Å². The van der Waals surface area contributed by atoms with E-state index in [0.717, 1.165) is 16.5 Å². The third-order valence-electron chi connectivity index (χ3n) is 3.08. The fourth-order valence-corrected chi connectivity index (χ4v) is 2.09. The highest BCUT2D eigenvalue weighted by Gasteiger charge is 2.13. The molecular formula is C15H12N4O2. The molecule has 0 unspecified atom stereocenters. The van der Waals surface area contributed by atoms with E-state index in [4.69, 9.17) is 5.73 Å². The topological polar surface area (TPSA) is 101 Å². The van der Waals surface area contributed by atoms with Crippen LogP contribution >= 0.6 is 0 Å². The summed E-state index contributed by atoms with van der Waals surface area (Å²) in [5, 5.41) is 14.2. The van der Waals surface area contributed by atoms with Crippen LogP contribution in [-0.4, -0.2) is 21.0 Å². The molecule has 6 nitrogen and oxygen atoms in total. The molecule has 2 heterocycles. The van der Waals surface area contributed by atoms with Gasteiger partial charge in [-0.1, -0.05) is 12.1 Å². The summed E-state index contributed by atoms with van der Waals surface area (Å²) in [4.78, 5) is 19.4. The first-order valence-electron chi connectivity index (χ1n) is 6.24. The third-order valence-corrected chi connectivity index (χ3v) is 3.08. The number of anilines is 3. The van der Waals surface area contributed by atoms with Crippen LogP contribution in [0.2, 0.25) is 0 Å². The van der Waals surface area contributed by atoms with Crippen LogP contribution in [0.15, 0.2) is 48.9 Å². The normalized spacial score (nSPS) is 10.5. The lowest BCUT2D eigenvalue weighted by Crippen LogP contribution is -2.06. The van der Waals surface area contributed by atoms with E-state index in [1.54, 1.807) is 12.4 Å². The Morgan fingerprint density at radius 1 is 1.24 bits per heavy atom. The molecule has 0 saturated heterocycles. The van der Waals surface area contributed by atoms with Crippen molar-refractivity contribution in [3.63, 3.8) is 0 Å². The van der Waals surface area contributed by atoms with Crippen molar-refractivity contribution in [1.29, 1.82) is 0 Å². The van der Waals surface area contributed by atoms with Crippen molar-refractivity contribution in [1.82, 2.24) is 9.97 Å². The van der Waals surface area contributed by atoms with Gasteiger partial charge in [-0.3, -0.25) is 4.98 Å². The minimum absolute atomic E-state index is 0.0240. The van der Waals surface area contributed by atoms with Gasteiger partial charge in [0.2, 0.25) is 0 Å². The molecule has 4 N–H and O–H groups in total. The minimum atomic E-state index is -1.09. The maximum atomic E-state index is 11.3. The average Bonchev–Trinajstić information content (AvgIpc) is 2.49. The number of nitrogens with zero attached hydrogens (tertiary/aromatic N) is 2. The molecule has 104 valence electrons. The number of carboxylic acids is 1. The predicted octanol–water partition coefficient (Wildman–Crippen LogP) is 2.65. The molecule has 6 heteroatoms. The predicted molar refractivity (Wildman–Crippen MR) is 80.6 cm³/mol. The van der Waals surface area contributed by atoms with Crippen LogP contribution in [0.5, 0.6) is 0 Å². The summed E-state index contributed by atoms with van der Waals surface area (Å²) in [6.07, 6.45) is 4.84. The summed E-state index contributed by atoms with van der Waals surface area (Å²) < 4.78 is 0. The summed E-state index contributed by atoms with van der Waals surface area (Å²) in [6, 6.07) is 8.93. The van der Waals surface area contributed by atoms with Gasteiger partial charge in [0.15, 0.2) is 0 Å². The second-order valence-corrected chi connectivity index (χ2v) is 4.50. The van der Waals surface area contributed by atoms with Gasteiger partial charge in [0.25, 0.3) is 0 Å². The zero-order chi connectivity index (χ0) is 14.8. The lowest BCUT2D eigenvalue weighted by molar-refractivity contribution is 0.0697. The Kier molecular flexibility index (Phi) is 3.12. The van der Waals surface area contributed by atoms with Gasteiger partial charge in [-0.25, -0.2) is 9.78 Å². The van der Waals surface area contributed by atoms with Crippen LogP contribution in [-0.2, 0) is 0 Å². The molecule has 1 aromatic carbocycles. The van der Waals surface area contributed by atoms with Crippen molar-refractivity contribution in [2.45, 2.75) is 0 Å². The fourth-order valence-electron chi connectivity index (χ4n) is 2.09. The Bertz CT molecular complexity index is 828. The largest absolute Gasteiger partial charge is 0.478 e. The van der Waals surface area contributed by atoms with Gasteiger partial charge in [-0.05, 0) is 23.6 Å². The summed E-state index contributed by atoms with van der Waals surface area (Å²) in [7, 11) is 0. The zero-order valence-corrected chi connectivity index (χ0v) is 10.9. The van der Waals surface area contributed by atoms with Crippen molar-refractivity contribution in [3.8, 4) is 0 Å². The van der Waals surface area contributed by atoms with E-state index >= 15 is 0 Å². The number of carbonyl (C=O) groups is 1. The summed E-state index contributed by atoms with van der Waals surface area (Å²) in [5.74, 6) is -0.844. The van der Waals surface area contributed by atoms with E-state index in [0.29, 0.717) is 5.69 Å². The van der Waals surface area contributed by atoms with Crippen LogP contribution in [0.4, 0.5) is 17.2 Å². The number of aromatic nitrogens is 2. The van der Waals surface area contributed by atoms with Gasteiger partial charge in [0.05, 0.1) is 11.9 Å². The number of aromatic carboxylic acids is 1. The van der Waals surface area contributed by atoms with E-state index in [-0.39, 0.29) is 11.4 Å². The number of pyridine rings is 2. The molecule has 0 spiro atoms. The molecule has 0 saturated carbocycles. The maximum absolute atomic E-state index is 11.3. The molecule has 3 aromatic rings. The van der Waals surface area contributed by atoms with Gasteiger partial charge >= 0.3 is 5.97 Å². The average molecular weight is 280 g/mol. The standard InChI is InChI=1S/C15H12N4O2/c16-10-6-11(15(20)21)14(18-7-10)19-13-3-1-2-9-4-5-17-8-12(9)13/h1-8H,16H2,(H,18,19)(H,20,21). The molecule has 0 aliphatic rings. The van der Waals surface area contributed by atoms with Crippen LogP contribution < -0.4 is 11.1 Å². The maximum Gasteiger partial charge on any atom is 0.339 e. The molecule has 2 aromatic heterocycles. The first-order valence-corrected chi connectivity index (χ1v) is 6.24. The van der Waals surface area contributed by atoms with Crippen molar-refractivity contribution < 1.29 is 9.90 Å². The van der Waals surface area contributed by atoms with E-state index in [2.05, 4.69) is 15.3 Å². The molecule has 0 amide bonds. The first kappa shape index (κ1) is 12.9. The summed E-state index contributed by atoms with van der Waals surface area (Å²) in [5.41, 5.74) is 6.65. The van der Waals surface area contributed by atoms with Gasteiger partial charge < -0.3 is 16.2 Å². The number of rotatable bonds is 3. The molecular weight excluding hydrogens is 268 g/mol. The van der Waals surface area contributed by atoms with E-state index < -0.39 is 5.97 Å². The van der Waals surface area contributed by atoms with Gasteiger partial charge in [-0.2, -0.15) is 0 Å². The number of benzene rings is 1. The molecule has 0 bridgehead atoms. The van der Waals surface area contributed by atoms with Crippen LogP contribution in [0.25, 0.3) is 10.8 Å². The number of hydrogen-bond donors (Lipinski definition) is 3. The smallest absolute Gasteiger partial charge is 0.339 e. The fraction of sp³-hybridized carbons (Fsp3) is 0. The van der Waals surface area contributed by atoms with Crippen molar-refractivity contribution in [3.05, 3.63) is 54.5 Å². The Labute approximate surface area is 120 Å². The Morgan fingerprint density at radius 3 is 2.90 bits per heavy atom.